The molecule has 0 atom stereocenters. The third kappa shape index (κ3) is 2.70. The van der Waals surface area contributed by atoms with E-state index >= 15 is 0 Å². The van der Waals surface area contributed by atoms with Crippen molar-refractivity contribution in [2.75, 3.05) is 12.3 Å². The number of nitrogens with two attached hydrogens (primary N) is 1. The molecular formula is C15H12N4O2. The van der Waals surface area contributed by atoms with Crippen molar-refractivity contribution in [3.63, 3.8) is 0 Å². The topological polar surface area (TPSA) is 93.9 Å². The number of benzene rings is 1. The Morgan fingerprint density at radius 2 is 2.24 bits per heavy atom. The summed E-state index contributed by atoms with van der Waals surface area (Å²) in [6.45, 7) is 2.01. The Morgan fingerprint density at radius 1 is 1.52 bits per heavy atom. The summed E-state index contributed by atoms with van der Waals surface area (Å²) in [5.74, 6) is 1.96. The van der Waals surface area contributed by atoms with Crippen molar-refractivity contribution in [1.29, 1.82) is 5.26 Å². The first-order valence-electron chi connectivity index (χ1n) is 6.13. The highest BCUT2D eigenvalue weighted by atomic mass is 16.5. The molecule has 2 aromatic rings. The van der Waals surface area contributed by atoms with Gasteiger partial charge in [0.1, 0.15) is 6.07 Å². The minimum Gasteiger partial charge on any atom is -0.462 e. The molecule has 1 aromatic heterocycles. The summed E-state index contributed by atoms with van der Waals surface area (Å²) in [6, 6.07) is 5.15. The summed E-state index contributed by atoms with van der Waals surface area (Å²) in [7, 11) is 0. The second-order valence-corrected chi connectivity index (χ2v) is 4.10. The van der Waals surface area contributed by atoms with Gasteiger partial charge in [-0.25, -0.2) is 9.48 Å². The largest absolute Gasteiger partial charge is 0.462 e. The lowest BCUT2D eigenvalue weighted by Gasteiger charge is -2.06. The fourth-order valence-electron chi connectivity index (χ4n) is 1.77. The third-order valence-corrected chi connectivity index (χ3v) is 2.80. The van der Waals surface area contributed by atoms with Crippen molar-refractivity contribution in [3.8, 4) is 24.1 Å². The van der Waals surface area contributed by atoms with Gasteiger partial charge in [-0.2, -0.15) is 10.4 Å². The van der Waals surface area contributed by atoms with E-state index in [-0.39, 0.29) is 17.9 Å². The Bertz CT molecular complexity index is 743. The number of carbonyl (C=O) groups excluding carboxylic acids is 1. The van der Waals surface area contributed by atoms with Gasteiger partial charge in [-0.05, 0) is 19.1 Å². The van der Waals surface area contributed by atoms with E-state index in [9.17, 15) is 4.79 Å². The van der Waals surface area contributed by atoms with Crippen LogP contribution in [-0.2, 0) is 4.74 Å². The van der Waals surface area contributed by atoms with E-state index in [0.717, 1.165) is 0 Å². The molecule has 6 nitrogen and oxygen atoms in total. The average molecular weight is 280 g/mol. The summed E-state index contributed by atoms with van der Waals surface area (Å²) in [5, 5.41) is 13.1. The second kappa shape index (κ2) is 5.81. The second-order valence-electron chi connectivity index (χ2n) is 4.10. The van der Waals surface area contributed by atoms with E-state index in [4.69, 9.17) is 22.2 Å². The van der Waals surface area contributed by atoms with Crippen molar-refractivity contribution in [2.24, 2.45) is 0 Å². The first-order chi connectivity index (χ1) is 10.1. The quantitative estimate of drug-likeness (QED) is 0.522. The van der Waals surface area contributed by atoms with Crippen LogP contribution in [0.2, 0.25) is 0 Å². The molecule has 0 saturated carbocycles. The molecule has 104 valence electrons. The molecule has 0 aliphatic rings. The molecule has 0 radical (unpaired) electrons. The number of ether oxygens (including phenoxy) is 1. The fourth-order valence-corrected chi connectivity index (χ4v) is 1.77. The van der Waals surface area contributed by atoms with Crippen LogP contribution < -0.4 is 5.73 Å². The highest BCUT2D eigenvalue weighted by Gasteiger charge is 2.12. The van der Waals surface area contributed by atoms with Gasteiger partial charge < -0.3 is 10.5 Å². The van der Waals surface area contributed by atoms with Gasteiger partial charge in [0.25, 0.3) is 0 Å². The minimum absolute atomic E-state index is 0.251. The number of nitriles is 1. The summed E-state index contributed by atoms with van der Waals surface area (Å²) in [4.78, 5) is 11.6. The fraction of sp³-hybridized carbons (Fsp3) is 0.133. The van der Waals surface area contributed by atoms with Crippen LogP contribution in [0.5, 0.6) is 0 Å². The maximum atomic E-state index is 11.6. The Labute approximate surface area is 121 Å². The molecule has 0 saturated heterocycles. The van der Waals surface area contributed by atoms with Crippen LogP contribution in [0.1, 0.15) is 28.4 Å². The Kier molecular flexibility index (Phi) is 3.92. The van der Waals surface area contributed by atoms with Crippen molar-refractivity contribution in [3.05, 3.63) is 41.2 Å². The number of anilines is 1. The summed E-state index contributed by atoms with van der Waals surface area (Å²) in [6.07, 6.45) is 8.26. The molecule has 2 N–H and O–H groups in total. The van der Waals surface area contributed by atoms with Crippen molar-refractivity contribution >= 4 is 11.7 Å². The van der Waals surface area contributed by atoms with Crippen LogP contribution in [0.3, 0.4) is 0 Å². The number of aromatic nitrogens is 2. The maximum Gasteiger partial charge on any atom is 0.341 e. The molecule has 0 amide bonds. The van der Waals surface area contributed by atoms with Gasteiger partial charge in [-0.15, -0.1) is 6.42 Å². The number of terminal acetylenes is 1. The van der Waals surface area contributed by atoms with Gasteiger partial charge in [-0.1, -0.05) is 5.92 Å². The lowest BCUT2D eigenvalue weighted by molar-refractivity contribution is 0.0526. The van der Waals surface area contributed by atoms with E-state index in [1.165, 1.54) is 17.1 Å². The number of rotatable bonds is 3. The SMILES string of the molecule is C#Cc1cc(-n2cc(C(=O)OCC)cn2)cc(C#N)c1N. The van der Waals surface area contributed by atoms with Crippen molar-refractivity contribution in [1.82, 2.24) is 9.78 Å². The zero-order valence-corrected chi connectivity index (χ0v) is 11.3. The highest BCUT2D eigenvalue weighted by Crippen LogP contribution is 2.21. The standard InChI is InChI=1S/C15H12N4O2/c1-3-10-5-13(6-11(7-16)14(10)17)19-9-12(8-18-19)15(20)21-4-2/h1,5-6,8-9H,4,17H2,2H3. The van der Waals surface area contributed by atoms with Crippen LogP contribution in [-0.4, -0.2) is 22.4 Å². The summed E-state index contributed by atoms with van der Waals surface area (Å²) in [5.41, 5.74) is 7.55. The van der Waals surface area contributed by atoms with Gasteiger partial charge >= 0.3 is 5.97 Å². The Hall–Kier alpha value is -3.25. The zero-order chi connectivity index (χ0) is 15.4. The number of hydrogen-bond donors (Lipinski definition) is 1. The molecule has 0 unspecified atom stereocenters. The zero-order valence-electron chi connectivity index (χ0n) is 11.3. The molecule has 0 aliphatic carbocycles. The van der Waals surface area contributed by atoms with Gasteiger partial charge in [0.2, 0.25) is 0 Å². The summed E-state index contributed by atoms with van der Waals surface area (Å²) >= 11 is 0. The molecule has 6 heteroatoms. The van der Waals surface area contributed by atoms with E-state index in [0.29, 0.717) is 16.8 Å². The molecule has 0 fully saturated rings. The number of nitrogens with zero attached hydrogens (tertiary/aromatic N) is 3. The Balaban J connectivity index is 2.46. The van der Waals surface area contributed by atoms with E-state index < -0.39 is 5.97 Å². The molecule has 2 rings (SSSR count). The first-order valence-corrected chi connectivity index (χ1v) is 6.13. The Morgan fingerprint density at radius 3 is 2.86 bits per heavy atom. The number of esters is 1. The smallest absolute Gasteiger partial charge is 0.341 e. The van der Waals surface area contributed by atoms with Crippen molar-refractivity contribution < 1.29 is 9.53 Å². The minimum atomic E-state index is -0.461. The molecule has 1 aromatic carbocycles. The predicted octanol–water partition coefficient (Wildman–Crippen LogP) is 1.48. The van der Waals surface area contributed by atoms with Gasteiger partial charge in [-0.3, -0.25) is 0 Å². The van der Waals surface area contributed by atoms with Crippen LogP contribution in [0, 0.1) is 23.7 Å². The average Bonchev–Trinajstić information content (AvgIpc) is 2.97. The predicted molar refractivity (Wildman–Crippen MR) is 76.6 cm³/mol. The third-order valence-electron chi connectivity index (χ3n) is 2.80. The van der Waals surface area contributed by atoms with Crippen molar-refractivity contribution in [2.45, 2.75) is 6.92 Å². The van der Waals surface area contributed by atoms with Gasteiger partial charge in [0.05, 0.1) is 40.9 Å². The summed E-state index contributed by atoms with van der Waals surface area (Å²) < 4.78 is 6.33. The number of hydrogen-bond acceptors (Lipinski definition) is 5. The molecule has 21 heavy (non-hydrogen) atoms. The van der Waals surface area contributed by atoms with Crippen LogP contribution in [0.25, 0.3) is 5.69 Å². The maximum absolute atomic E-state index is 11.6. The van der Waals surface area contributed by atoms with E-state index in [1.54, 1.807) is 19.1 Å². The van der Waals surface area contributed by atoms with Crippen LogP contribution in [0.4, 0.5) is 5.69 Å². The number of nitrogen functional groups attached to an aromatic ring is 1. The van der Waals surface area contributed by atoms with E-state index in [1.807, 2.05) is 6.07 Å². The van der Waals surface area contributed by atoms with E-state index in [2.05, 4.69) is 11.0 Å². The molecule has 1 heterocycles. The van der Waals surface area contributed by atoms with Crippen LogP contribution >= 0.6 is 0 Å². The lowest BCUT2D eigenvalue weighted by atomic mass is 10.1. The van der Waals surface area contributed by atoms with Crippen LogP contribution in [0.15, 0.2) is 24.5 Å². The number of carbonyl (C=O) groups is 1. The molecule has 0 bridgehead atoms. The monoisotopic (exact) mass is 280 g/mol. The highest BCUT2D eigenvalue weighted by molar-refractivity contribution is 5.88. The molecule has 0 aliphatic heterocycles. The van der Waals surface area contributed by atoms with Gasteiger partial charge in [0.15, 0.2) is 0 Å². The molecule has 0 spiro atoms. The lowest BCUT2D eigenvalue weighted by Crippen LogP contribution is -2.03. The van der Waals surface area contributed by atoms with Gasteiger partial charge in [0, 0.05) is 6.20 Å². The first kappa shape index (κ1) is 14.2. The molecular weight excluding hydrogens is 268 g/mol. The normalized spacial score (nSPS) is 9.67.